The quantitative estimate of drug-likeness (QED) is 0.751. The smallest absolute Gasteiger partial charge is 0.100 e. The molecule has 5 heteroatoms. The molecule has 1 unspecified atom stereocenters. The van der Waals surface area contributed by atoms with E-state index in [1.165, 1.54) is 0 Å². The molecule has 0 saturated heterocycles. The highest BCUT2D eigenvalue weighted by Gasteiger charge is 2.14. The zero-order valence-electron chi connectivity index (χ0n) is 12.1. The highest BCUT2D eigenvalue weighted by Crippen LogP contribution is 2.16. The average Bonchev–Trinajstić information content (AvgIpc) is 2.97. The summed E-state index contributed by atoms with van der Waals surface area (Å²) in [5, 5.41) is 12.4. The van der Waals surface area contributed by atoms with E-state index in [1.807, 2.05) is 36.5 Å². The first-order valence-electron chi connectivity index (χ1n) is 7.05. The first-order chi connectivity index (χ1) is 9.85. The molecule has 1 aromatic carbocycles. The fourth-order valence-corrected chi connectivity index (χ4v) is 2.15. The predicted molar refractivity (Wildman–Crippen MR) is 78.9 cm³/mol. The number of nitrogens with zero attached hydrogens (tertiary/aromatic N) is 3. The number of ether oxygens (including phenoxy) is 1. The molecule has 5 nitrogen and oxygen atoms in total. The third kappa shape index (κ3) is 3.88. The lowest BCUT2D eigenvalue weighted by atomic mass is 10.1. The highest BCUT2D eigenvalue weighted by molar-refractivity contribution is 5.28. The van der Waals surface area contributed by atoms with Gasteiger partial charge in [0.1, 0.15) is 5.69 Å². The zero-order chi connectivity index (χ0) is 14.2. The summed E-state index contributed by atoms with van der Waals surface area (Å²) >= 11 is 0. The van der Waals surface area contributed by atoms with Crippen molar-refractivity contribution in [2.45, 2.75) is 25.8 Å². The number of aromatic nitrogens is 3. The van der Waals surface area contributed by atoms with Crippen LogP contribution in [-0.2, 0) is 4.74 Å². The molecule has 0 aliphatic heterocycles. The molecule has 1 heterocycles. The Morgan fingerprint density at radius 2 is 2.10 bits per heavy atom. The van der Waals surface area contributed by atoms with Gasteiger partial charge in [0.2, 0.25) is 0 Å². The number of hydrogen-bond donors (Lipinski definition) is 1. The monoisotopic (exact) mass is 274 g/mol. The van der Waals surface area contributed by atoms with E-state index in [4.69, 9.17) is 4.74 Å². The van der Waals surface area contributed by atoms with Gasteiger partial charge >= 0.3 is 0 Å². The molecule has 0 saturated carbocycles. The fourth-order valence-electron chi connectivity index (χ4n) is 2.15. The van der Waals surface area contributed by atoms with E-state index in [0.29, 0.717) is 0 Å². The van der Waals surface area contributed by atoms with Crippen molar-refractivity contribution in [2.24, 2.45) is 0 Å². The van der Waals surface area contributed by atoms with Crippen LogP contribution in [-0.4, -0.2) is 35.3 Å². The van der Waals surface area contributed by atoms with Crippen molar-refractivity contribution >= 4 is 0 Å². The second kappa shape index (κ2) is 7.77. The molecule has 0 aliphatic rings. The van der Waals surface area contributed by atoms with Gasteiger partial charge in [-0.3, -0.25) is 0 Å². The van der Waals surface area contributed by atoms with E-state index in [2.05, 4.69) is 22.4 Å². The Bertz CT molecular complexity index is 498. The molecule has 0 bridgehead atoms. The van der Waals surface area contributed by atoms with Crippen molar-refractivity contribution in [3.8, 4) is 5.69 Å². The van der Waals surface area contributed by atoms with Crippen LogP contribution in [0.15, 0.2) is 36.5 Å². The minimum Gasteiger partial charge on any atom is -0.385 e. The molecule has 0 aliphatic carbocycles. The lowest BCUT2D eigenvalue weighted by Crippen LogP contribution is -2.22. The molecule has 0 spiro atoms. The summed E-state index contributed by atoms with van der Waals surface area (Å²) in [6.45, 7) is 3.79. The highest BCUT2D eigenvalue weighted by atomic mass is 16.5. The van der Waals surface area contributed by atoms with Crippen molar-refractivity contribution in [3.63, 3.8) is 0 Å². The van der Waals surface area contributed by atoms with E-state index >= 15 is 0 Å². The lowest BCUT2D eigenvalue weighted by molar-refractivity contribution is 0.188. The van der Waals surface area contributed by atoms with Crippen molar-refractivity contribution in [1.29, 1.82) is 0 Å². The van der Waals surface area contributed by atoms with Crippen molar-refractivity contribution in [3.05, 3.63) is 42.2 Å². The molecule has 0 radical (unpaired) electrons. The summed E-state index contributed by atoms with van der Waals surface area (Å²) in [6.07, 6.45) is 3.84. The van der Waals surface area contributed by atoms with Gasteiger partial charge < -0.3 is 10.1 Å². The van der Waals surface area contributed by atoms with Crippen LogP contribution >= 0.6 is 0 Å². The van der Waals surface area contributed by atoms with Crippen LogP contribution in [0, 0.1) is 0 Å². The molecule has 1 N–H and O–H groups in total. The van der Waals surface area contributed by atoms with Crippen molar-refractivity contribution in [2.75, 3.05) is 20.3 Å². The van der Waals surface area contributed by atoms with Crippen LogP contribution in [0.25, 0.3) is 5.69 Å². The van der Waals surface area contributed by atoms with Gasteiger partial charge in [-0.1, -0.05) is 25.1 Å². The maximum Gasteiger partial charge on any atom is 0.100 e. The molecule has 108 valence electrons. The minimum atomic E-state index is 0.229. The summed E-state index contributed by atoms with van der Waals surface area (Å²) in [6, 6.07) is 10.2. The van der Waals surface area contributed by atoms with E-state index in [-0.39, 0.29) is 6.04 Å². The van der Waals surface area contributed by atoms with Crippen LogP contribution < -0.4 is 5.32 Å². The van der Waals surface area contributed by atoms with Gasteiger partial charge in [-0.05, 0) is 31.5 Å². The van der Waals surface area contributed by atoms with Gasteiger partial charge in [0.15, 0.2) is 0 Å². The molecule has 1 aromatic heterocycles. The van der Waals surface area contributed by atoms with E-state index in [9.17, 15) is 0 Å². The fraction of sp³-hybridized carbons (Fsp3) is 0.467. The van der Waals surface area contributed by atoms with E-state index in [1.54, 1.807) is 11.9 Å². The average molecular weight is 274 g/mol. The van der Waals surface area contributed by atoms with Crippen LogP contribution in [0.2, 0.25) is 0 Å². The van der Waals surface area contributed by atoms with Gasteiger partial charge in [0, 0.05) is 13.7 Å². The number of methoxy groups -OCH3 is 1. The number of nitrogens with one attached hydrogen (secondary N) is 1. The molecule has 1 atom stereocenters. The number of hydrogen-bond acceptors (Lipinski definition) is 4. The first-order valence-corrected chi connectivity index (χ1v) is 7.05. The lowest BCUT2D eigenvalue weighted by Gasteiger charge is -2.14. The molecule has 20 heavy (non-hydrogen) atoms. The Kier molecular flexibility index (Phi) is 5.70. The number of para-hydroxylation sites is 1. The van der Waals surface area contributed by atoms with Crippen LogP contribution in [0.3, 0.4) is 0 Å². The SMILES string of the molecule is CCNC(CCCOC)c1cnn(-c2ccccc2)n1. The Balaban J connectivity index is 2.08. The number of rotatable bonds is 8. The van der Waals surface area contributed by atoms with E-state index < -0.39 is 0 Å². The molecule has 2 aromatic rings. The van der Waals surface area contributed by atoms with Gasteiger partial charge in [-0.2, -0.15) is 15.0 Å². The topological polar surface area (TPSA) is 52.0 Å². The van der Waals surface area contributed by atoms with Gasteiger partial charge in [0.25, 0.3) is 0 Å². The summed E-state index contributed by atoms with van der Waals surface area (Å²) in [5.74, 6) is 0. The summed E-state index contributed by atoms with van der Waals surface area (Å²) in [7, 11) is 1.73. The molecular weight excluding hydrogens is 252 g/mol. The van der Waals surface area contributed by atoms with Gasteiger partial charge in [0.05, 0.1) is 17.9 Å². The number of benzene rings is 1. The largest absolute Gasteiger partial charge is 0.385 e. The van der Waals surface area contributed by atoms with Gasteiger partial charge in [-0.25, -0.2) is 0 Å². The Morgan fingerprint density at radius 3 is 2.80 bits per heavy atom. The first kappa shape index (κ1) is 14.7. The Labute approximate surface area is 120 Å². The second-order valence-corrected chi connectivity index (χ2v) is 4.64. The molecule has 0 amide bonds. The normalized spacial score (nSPS) is 12.5. The Hall–Kier alpha value is -1.72. The van der Waals surface area contributed by atoms with Crippen LogP contribution in [0.1, 0.15) is 31.5 Å². The maximum absolute atomic E-state index is 5.11. The third-order valence-corrected chi connectivity index (χ3v) is 3.15. The van der Waals surface area contributed by atoms with E-state index in [0.717, 1.165) is 37.4 Å². The van der Waals surface area contributed by atoms with Crippen molar-refractivity contribution < 1.29 is 4.74 Å². The van der Waals surface area contributed by atoms with Crippen molar-refractivity contribution in [1.82, 2.24) is 20.3 Å². The molecule has 2 rings (SSSR count). The summed E-state index contributed by atoms with van der Waals surface area (Å²) in [4.78, 5) is 1.68. The minimum absolute atomic E-state index is 0.229. The molecular formula is C15H22N4O. The standard InChI is InChI=1S/C15H22N4O/c1-3-16-14(10-7-11-20-2)15-12-17-19(18-15)13-8-5-4-6-9-13/h4-6,8-9,12,14,16H,3,7,10-11H2,1-2H3. The predicted octanol–water partition coefficient (Wildman–Crippen LogP) is 2.34. The van der Waals surface area contributed by atoms with Crippen LogP contribution in [0.4, 0.5) is 0 Å². The van der Waals surface area contributed by atoms with Gasteiger partial charge in [-0.15, -0.1) is 0 Å². The summed E-state index contributed by atoms with van der Waals surface area (Å²) in [5.41, 5.74) is 1.96. The van der Waals surface area contributed by atoms with Crippen LogP contribution in [0.5, 0.6) is 0 Å². The Morgan fingerprint density at radius 1 is 1.30 bits per heavy atom. The second-order valence-electron chi connectivity index (χ2n) is 4.64. The maximum atomic E-state index is 5.11. The summed E-state index contributed by atoms with van der Waals surface area (Å²) < 4.78 is 5.11. The molecule has 0 fully saturated rings. The third-order valence-electron chi connectivity index (χ3n) is 3.15. The zero-order valence-corrected chi connectivity index (χ0v) is 12.1.